The Bertz CT molecular complexity index is 1010. The number of hydrogen-bond acceptors (Lipinski definition) is 6. The lowest BCUT2D eigenvalue weighted by Crippen LogP contribution is -2.32. The van der Waals surface area contributed by atoms with Crippen molar-refractivity contribution in [2.45, 2.75) is 44.4 Å². The first kappa shape index (κ1) is 20.2. The van der Waals surface area contributed by atoms with E-state index in [0.717, 1.165) is 54.7 Å². The topological polar surface area (TPSA) is 98.4 Å². The number of hydrogen-bond donors (Lipinski definition) is 1. The highest BCUT2D eigenvalue weighted by Crippen LogP contribution is 2.36. The summed E-state index contributed by atoms with van der Waals surface area (Å²) in [4.78, 5) is 12.7. The zero-order valence-electron chi connectivity index (χ0n) is 17.4. The van der Waals surface area contributed by atoms with E-state index in [1.165, 1.54) is 0 Å². The van der Waals surface area contributed by atoms with Gasteiger partial charge in [0.05, 0.1) is 49.8 Å². The van der Waals surface area contributed by atoms with Crippen LogP contribution in [0.2, 0.25) is 0 Å². The standard InChI is InChI=1S/C23H26N4O4/c24-10-18-9-17(23(28)25-11-19-2-1-5-30-19)8-15-3-4-16-12-27(26-22(16)21(15)18)13-20-14-29-6-7-31-20/h8-9,12,19-20H,1-7,11,13-14H2,(H,25,28)/t19-,20-/m0/s1. The molecule has 1 aromatic carbocycles. The van der Waals surface area contributed by atoms with Gasteiger partial charge in [-0.15, -0.1) is 0 Å². The Labute approximate surface area is 181 Å². The number of benzene rings is 1. The van der Waals surface area contributed by atoms with Crippen LogP contribution in [0.3, 0.4) is 0 Å². The van der Waals surface area contributed by atoms with Crippen LogP contribution in [0.4, 0.5) is 0 Å². The lowest BCUT2D eigenvalue weighted by Gasteiger charge is -2.22. The third-order valence-electron chi connectivity index (χ3n) is 6.13. The molecule has 8 heteroatoms. The monoisotopic (exact) mass is 422 g/mol. The van der Waals surface area contributed by atoms with Crippen LogP contribution in [0, 0.1) is 11.3 Å². The van der Waals surface area contributed by atoms with Gasteiger partial charge in [-0.2, -0.15) is 10.4 Å². The largest absolute Gasteiger partial charge is 0.376 e. The average Bonchev–Trinajstić information content (AvgIpc) is 3.46. The third-order valence-corrected chi connectivity index (χ3v) is 6.13. The van der Waals surface area contributed by atoms with Gasteiger partial charge in [-0.05, 0) is 48.9 Å². The van der Waals surface area contributed by atoms with Crippen LogP contribution in [-0.4, -0.2) is 60.9 Å². The Morgan fingerprint density at radius 1 is 1.19 bits per heavy atom. The third kappa shape index (κ3) is 4.22. The Morgan fingerprint density at radius 3 is 2.84 bits per heavy atom. The summed E-state index contributed by atoms with van der Waals surface area (Å²) in [6.45, 7) is 3.68. The molecule has 2 saturated heterocycles. The first-order chi connectivity index (χ1) is 15.2. The maximum atomic E-state index is 12.7. The normalized spacial score (nSPS) is 22.4. The molecule has 1 aromatic heterocycles. The van der Waals surface area contributed by atoms with Gasteiger partial charge in [0.25, 0.3) is 5.91 Å². The van der Waals surface area contributed by atoms with Gasteiger partial charge in [0.1, 0.15) is 6.10 Å². The molecular formula is C23H26N4O4. The number of fused-ring (bicyclic) bond motifs is 3. The lowest BCUT2D eigenvalue weighted by atomic mass is 9.86. The molecule has 3 aliphatic rings. The van der Waals surface area contributed by atoms with E-state index in [9.17, 15) is 10.1 Å². The molecule has 0 radical (unpaired) electrons. The molecule has 2 fully saturated rings. The quantitative estimate of drug-likeness (QED) is 0.790. The molecule has 162 valence electrons. The molecule has 2 aliphatic heterocycles. The predicted molar refractivity (Wildman–Crippen MR) is 112 cm³/mol. The average molecular weight is 422 g/mol. The second-order valence-electron chi connectivity index (χ2n) is 8.31. The summed E-state index contributed by atoms with van der Waals surface area (Å²) in [6.07, 6.45) is 5.72. The highest BCUT2D eigenvalue weighted by atomic mass is 16.6. The number of nitrogens with zero attached hydrogens (tertiary/aromatic N) is 3. The fourth-order valence-electron chi connectivity index (χ4n) is 4.58. The van der Waals surface area contributed by atoms with Crippen molar-refractivity contribution in [1.82, 2.24) is 15.1 Å². The van der Waals surface area contributed by atoms with E-state index >= 15 is 0 Å². The van der Waals surface area contributed by atoms with Crippen LogP contribution < -0.4 is 5.32 Å². The van der Waals surface area contributed by atoms with Gasteiger partial charge in [0, 0.05) is 30.5 Å². The molecule has 0 bridgehead atoms. The van der Waals surface area contributed by atoms with Crippen molar-refractivity contribution in [1.29, 1.82) is 5.26 Å². The molecule has 31 heavy (non-hydrogen) atoms. The molecule has 2 aromatic rings. The zero-order chi connectivity index (χ0) is 21.2. The minimum Gasteiger partial charge on any atom is -0.376 e. The number of nitrogens with one attached hydrogen (secondary N) is 1. The molecule has 3 heterocycles. The minimum atomic E-state index is -0.166. The molecule has 0 unspecified atom stereocenters. The maximum absolute atomic E-state index is 12.7. The second kappa shape index (κ2) is 8.79. The van der Waals surface area contributed by atoms with Crippen LogP contribution >= 0.6 is 0 Å². The Hall–Kier alpha value is -2.73. The van der Waals surface area contributed by atoms with E-state index in [2.05, 4.69) is 11.4 Å². The van der Waals surface area contributed by atoms with Crippen LogP contribution in [0.5, 0.6) is 0 Å². The molecule has 5 rings (SSSR count). The molecule has 1 aliphatic carbocycles. The first-order valence-corrected chi connectivity index (χ1v) is 10.9. The summed E-state index contributed by atoms with van der Waals surface area (Å²) in [7, 11) is 0. The van der Waals surface area contributed by atoms with E-state index in [0.29, 0.717) is 44.0 Å². The molecule has 8 nitrogen and oxygen atoms in total. The van der Waals surface area contributed by atoms with Crippen molar-refractivity contribution >= 4 is 5.91 Å². The summed E-state index contributed by atoms with van der Waals surface area (Å²) in [6, 6.07) is 5.86. The lowest BCUT2D eigenvalue weighted by molar-refractivity contribution is -0.0946. The molecule has 0 spiro atoms. The van der Waals surface area contributed by atoms with Gasteiger partial charge >= 0.3 is 0 Å². The summed E-state index contributed by atoms with van der Waals surface area (Å²) >= 11 is 0. The zero-order valence-corrected chi connectivity index (χ0v) is 17.4. The summed E-state index contributed by atoms with van der Waals surface area (Å²) in [5.41, 5.74) is 4.81. The van der Waals surface area contributed by atoms with Gasteiger partial charge in [-0.1, -0.05) is 0 Å². The van der Waals surface area contributed by atoms with Crippen molar-refractivity contribution in [3.8, 4) is 17.3 Å². The summed E-state index contributed by atoms with van der Waals surface area (Å²) in [5.74, 6) is -0.166. The SMILES string of the molecule is N#Cc1cc(C(=O)NC[C@@H]2CCCO2)cc2c1-c1nn(C[C@H]3COCCO3)cc1CC2. The minimum absolute atomic E-state index is 0.0140. The Kier molecular flexibility index (Phi) is 5.72. The van der Waals surface area contributed by atoms with Gasteiger partial charge in [0.15, 0.2) is 0 Å². The highest BCUT2D eigenvalue weighted by molar-refractivity contribution is 5.96. The van der Waals surface area contributed by atoms with Crippen LogP contribution in [-0.2, 0) is 33.6 Å². The predicted octanol–water partition coefficient (Wildman–Crippen LogP) is 1.84. The van der Waals surface area contributed by atoms with Crippen molar-refractivity contribution in [2.24, 2.45) is 0 Å². The molecule has 1 amide bonds. The molecular weight excluding hydrogens is 396 g/mol. The maximum Gasteiger partial charge on any atom is 0.251 e. The van der Waals surface area contributed by atoms with E-state index in [4.69, 9.17) is 19.3 Å². The van der Waals surface area contributed by atoms with Crippen molar-refractivity contribution < 1.29 is 19.0 Å². The van der Waals surface area contributed by atoms with E-state index in [1.807, 2.05) is 16.9 Å². The number of rotatable bonds is 5. The number of ether oxygens (including phenoxy) is 3. The number of carbonyl (C=O) groups excluding carboxylic acids is 1. The van der Waals surface area contributed by atoms with Crippen LogP contribution in [0.25, 0.3) is 11.3 Å². The first-order valence-electron chi connectivity index (χ1n) is 10.9. The van der Waals surface area contributed by atoms with Gasteiger partial charge in [-0.3, -0.25) is 9.48 Å². The van der Waals surface area contributed by atoms with Crippen LogP contribution in [0.15, 0.2) is 18.3 Å². The van der Waals surface area contributed by atoms with Gasteiger partial charge < -0.3 is 19.5 Å². The number of aryl methyl sites for hydroxylation is 2. The van der Waals surface area contributed by atoms with E-state index in [-0.39, 0.29) is 18.1 Å². The van der Waals surface area contributed by atoms with E-state index in [1.54, 1.807) is 6.07 Å². The van der Waals surface area contributed by atoms with Gasteiger partial charge in [-0.25, -0.2) is 0 Å². The summed E-state index contributed by atoms with van der Waals surface area (Å²) < 4.78 is 18.7. The highest BCUT2D eigenvalue weighted by Gasteiger charge is 2.26. The van der Waals surface area contributed by atoms with Crippen molar-refractivity contribution in [3.63, 3.8) is 0 Å². The molecule has 1 N–H and O–H groups in total. The van der Waals surface area contributed by atoms with Crippen molar-refractivity contribution in [2.75, 3.05) is 33.0 Å². The fraction of sp³-hybridized carbons (Fsp3) is 0.522. The van der Waals surface area contributed by atoms with Gasteiger partial charge in [0.2, 0.25) is 0 Å². The van der Waals surface area contributed by atoms with E-state index < -0.39 is 0 Å². The summed E-state index contributed by atoms with van der Waals surface area (Å²) in [5, 5.41) is 17.5. The molecule has 2 atom stereocenters. The number of nitriles is 1. The van der Waals surface area contributed by atoms with Crippen molar-refractivity contribution in [3.05, 3.63) is 40.6 Å². The number of amides is 1. The van der Waals surface area contributed by atoms with Crippen LogP contribution in [0.1, 0.15) is 39.9 Å². The smallest absolute Gasteiger partial charge is 0.251 e. The molecule has 0 saturated carbocycles. The number of carbonyl (C=O) groups is 1. The number of aromatic nitrogens is 2. The second-order valence-corrected chi connectivity index (χ2v) is 8.31. The Balaban J connectivity index is 1.38. The Morgan fingerprint density at radius 2 is 2.06 bits per heavy atom. The fourth-order valence-corrected chi connectivity index (χ4v) is 4.58.